The Morgan fingerprint density at radius 2 is 1.89 bits per heavy atom. The highest BCUT2D eigenvalue weighted by atomic mass is 32.2. The number of nitrogens with zero attached hydrogens (tertiary/aromatic N) is 1. The van der Waals surface area contributed by atoms with Crippen LogP contribution in [-0.2, 0) is 16.6 Å². The lowest BCUT2D eigenvalue weighted by atomic mass is 10.1. The summed E-state index contributed by atoms with van der Waals surface area (Å²) in [6.07, 6.45) is 0. The molecule has 1 aromatic carbocycles. The van der Waals surface area contributed by atoms with E-state index in [9.17, 15) is 12.8 Å². The van der Waals surface area contributed by atoms with Crippen LogP contribution >= 0.6 is 0 Å². The lowest BCUT2D eigenvalue weighted by Crippen LogP contribution is -2.31. The van der Waals surface area contributed by atoms with Gasteiger partial charge in [0, 0.05) is 6.54 Å². The third-order valence-electron chi connectivity index (χ3n) is 2.62. The van der Waals surface area contributed by atoms with Crippen molar-refractivity contribution < 1.29 is 12.8 Å². The van der Waals surface area contributed by atoms with Crippen LogP contribution in [0.1, 0.15) is 23.6 Å². The Kier molecular flexibility index (Phi) is 4.43. The van der Waals surface area contributed by atoms with E-state index in [0.717, 1.165) is 0 Å². The Labute approximate surface area is 106 Å². The fourth-order valence-electron chi connectivity index (χ4n) is 1.52. The molecule has 0 fully saturated rings. The predicted octanol–water partition coefficient (Wildman–Crippen LogP) is 1.77. The van der Waals surface area contributed by atoms with E-state index in [2.05, 4.69) is 4.72 Å². The van der Waals surface area contributed by atoms with Gasteiger partial charge < -0.3 is 0 Å². The molecule has 0 aliphatic carbocycles. The summed E-state index contributed by atoms with van der Waals surface area (Å²) >= 11 is 0. The van der Waals surface area contributed by atoms with Crippen molar-refractivity contribution in [2.75, 3.05) is 0 Å². The molecule has 0 saturated heterocycles. The summed E-state index contributed by atoms with van der Waals surface area (Å²) in [5.41, 5.74) is 1.61. The lowest BCUT2D eigenvalue weighted by molar-refractivity contribution is 0.576. The molecule has 0 radical (unpaired) electrons. The van der Waals surface area contributed by atoms with Crippen molar-refractivity contribution in [3.05, 3.63) is 34.6 Å². The first-order valence-electron chi connectivity index (χ1n) is 5.41. The number of rotatable bonds is 4. The largest absolute Gasteiger partial charge is 0.227 e. The zero-order valence-corrected chi connectivity index (χ0v) is 11.3. The maximum atomic E-state index is 13.4. The lowest BCUT2D eigenvalue weighted by Gasteiger charge is -2.10. The molecule has 0 aromatic heterocycles. The molecule has 1 atom stereocenters. The van der Waals surface area contributed by atoms with Crippen LogP contribution in [0.5, 0.6) is 0 Å². The van der Waals surface area contributed by atoms with Crippen LogP contribution in [0.2, 0.25) is 0 Å². The van der Waals surface area contributed by atoms with E-state index in [1.54, 1.807) is 32.0 Å². The van der Waals surface area contributed by atoms with Gasteiger partial charge >= 0.3 is 0 Å². The van der Waals surface area contributed by atoms with Gasteiger partial charge in [-0.15, -0.1) is 0 Å². The first-order valence-corrected chi connectivity index (χ1v) is 6.96. The van der Waals surface area contributed by atoms with Crippen LogP contribution in [0, 0.1) is 31.0 Å². The zero-order chi connectivity index (χ0) is 13.9. The van der Waals surface area contributed by atoms with E-state index in [4.69, 9.17) is 5.26 Å². The molecule has 0 aliphatic rings. The van der Waals surface area contributed by atoms with Gasteiger partial charge in [0.1, 0.15) is 5.82 Å². The van der Waals surface area contributed by atoms with Crippen molar-refractivity contribution in [1.29, 1.82) is 5.26 Å². The molecule has 1 aromatic rings. The second-order valence-corrected chi connectivity index (χ2v) is 6.27. The minimum atomic E-state index is -3.65. The number of nitrogens with one attached hydrogen (secondary N) is 1. The number of aryl methyl sites for hydroxylation is 2. The van der Waals surface area contributed by atoms with Crippen molar-refractivity contribution >= 4 is 10.0 Å². The molecule has 6 heteroatoms. The minimum absolute atomic E-state index is 0.0519. The summed E-state index contributed by atoms with van der Waals surface area (Å²) < 4.78 is 38.8. The van der Waals surface area contributed by atoms with Crippen LogP contribution < -0.4 is 4.72 Å². The minimum Gasteiger partial charge on any atom is -0.211 e. The molecule has 1 N–H and O–H groups in total. The fourth-order valence-corrected chi connectivity index (χ4v) is 2.27. The molecule has 1 rings (SSSR count). The molecule has 4 nitrogen and oxygen atoms in total. The van der Waals surface area contributed by atoms with Crippen LogP contribution in [0.4, 0.5) is 4.39 Å². The molecular formula is C12H15FN2O2S. The van der Waals surface area contributed by atoms with E-state index in [0.29, 0.717) is 16.7 Å². The van der Waals surface area contributed by atoms with E-state index in [1.165, 1.54) is 6.92 Å². The average molecular weight is 270 g/mol. The maximum absolute atomic E-state index is 13.4. The van der Waals surface area contributed by atoms with Gasteiger partial charge in [-0.1, -0.05) is 12.1 Å². The molecule has 0 aliphatic heterocycles. The first kappa shape index (κ1) is 14.6. The summed E-state index contributed by atoms with van der Waals surface area (Å²) in [5.74, 6) is -0.285. The van der Waals surface area contributed by atoms with E-state index >= 15 is 0 Å². The van der Waals surface area contributed by atoms with Crippen LogP contribution in [0.3, 0.4) is 0 Å². The summed E-state index contributed by atoms with van der Waals surface area (Å²) in [5, 5.41) is 7.46. The molecule has 18 heavy (non-hydrogen) atoms. The van der Waals surface area contributed by atoms with Gasteiger partial charge in [-0.3, -0.25) is 0 Å². The van der Waals surface area contributed by atoms with Gasteiger partial charge in [-0.2, -0.15) is 5.26 Å². The Hall–Kier alpha value is -1.45. The number of halogens is 1. The highest BCUT2D eigenvalue weighted by Crippen LogP contribution is 2.15. The monoisotopic (exact) mass is 270 g/mol. The topological polar surface area (TPSA) is 70.0 Å². The molecule has 0 bridgehead atoms. The van der Waals surface area contributed by atoms with Crippen LogP contribution in [-0.4, -0.2) is 13.7 Å². The predicted molar refractivity (Wildman–Crippen MR) is 66.7 cm³/mol. The summed E-state index contributed by atoms with van der Waals surface area (Å²) in [7, 11) is -3.65. The van der Waals surface area contributed by atoms with Crippen molar-refractivity contribution in [3.63, 3.8) is 0 Å². The Morgan fingerprint density at radius 1 is 1.39 bits per heavy atom. The first-order chi connectivity index (χ1) is 8.27. The van der Waals surface area contributed by atoms with E-state index in [1.807, 2.05) is 0 Å². The summed E-state index contributed by atoms with van der Waals surface area (Å²) in [6.45, 7) is 4.61. The zero-order valence-electron chi connectivity index (χ0n) is 10.5. The molecular weight excluding hydrogens is 255 g/mol. The number of sulfonamides is 1. The quantitative estimate of drug-likeness (QED) is 0.906. The molecule has 0 amide bonds. The third kappa shape index (κ3) is 3.28. The Morgan fingerprint density at radius 3 is 2.33 bits per heavy atom. The smallest absolute Gasteiger partial charge is 0.211 e. The molecule has 98 valence electrons. The number of nitriles is 1. The second kappa shape index (κ2) is 5.46. The summed E-state index contributed by atoms with van der Waals surface area (Å²) in [4.78, 5) is 0. The van der Waals surface area contributed by atoms with Gasteiger partial charge in [0.15, 0.2) is 5.25 Å². The highest BCUT2D eigenvalue weighted by Gasteiger charge is 2.19. The SMILES string of the molecule is Cc1cc(CNS(=O)(=O)C(C)C#N)cc(C)c1F. The number of hydrogen-bond acceptors (Lipinski definition) is 3. The van der Waals surface area contributed by atoms with Gasteiger partial charge in [-0.05, 0) is 37.5 Å². The molecule has 0 heterocycles. The summed E-state index contributed by atoms with van der Waals surface area (Å²) in [6, 6.07) is 4.83. The normalized spacial score (nSPS) is 13.1. The van der Waals surface area contributed by atoms with Gasteiger partial charge in [0.2, 0.25) is 10.0 Å². The molecule has 0 spiro atoms. The van der Waals surface area contributed by atoms with E-state index < -0.39 is 15.3 Å². The molecule has 0 saturated carbocycles. The van der Waals surface area contributed by atoms with Gasteiger partial charge in [0.05, 0.1) is 6.07 Å². The average Bonchev–Trinajstić information content (AvgIpc) is 2.32. The second-order valence-electron chi connectivity index (χ2n) is 4.18. The standard InChI is InChI=1S/C12H15FN2O2S/c1-8-4-11(5-9(2)12(8)13)7-15-18(16,17)10(3)6-14/h4-5,10,15H,7H2,1-3H3. The van der Waals surface area contributed by atoms with Crippen molar-refractivity contribution in [3.8, 4) is 6.07 Å². The maximum Gasteiger partial charge on any atom is 0.227 e. The van der Waals surface area contributed by atoms with Crippen LogP contribution in [0.15, 0.2) is 12.1 Å². The Balaban J connectivity index is 2.86. The van der Waals surface area contributed by atoms with Crippen molar-refractivity contribution in [2.24, 2.45) is 0 Å². The molecule has 1 unspecified atom stereocenters. The van der Waals surface area contributed by atoms with Crippen molar-refractivity contribution in [2.45, 2.75) is 32.6 Å². The van der Waals surface area contributed by atoms with Crippen LogP contribution in [0.25, 0.3) is 0 Å². The number of benzene rings is 1. The third-order valence-corrected chi connectivity index (χ3v) is 4.20. The van der Waals surface area contributed by atoms with Gasteiger partial charge in [-0.25, -0.2) is 17.5 Å². The van der Waals surface area contributed by atoms with Gasteiger partial charge in [0.25, 0.3) is 0 Å². The fraction of sp³-hybridized carbons (Fsp3) is 0.417. The number of hydrogen-bond donors (Lipinski definition) is 1. The Bertz CT molecular complexity index is 568. The highest BCUT2D eigenvalue weighted by molar-refractivity contribution is 7.90. The van der Waals surface area contributed by atoms with Crippen molar-refractivity contribution in [1.82, 2.24) is 4.72 Å². The van der Waals surface area contributed by atoms with E-state index in [-0.39, 0.29) is 12.4 Å².